The first-order chi connectivity index (χ1) is 11.0. The van der Waals surface area contributed by atoms with Crippen LogP contribution in [0.2, 0.25) is 0 Å². The van der Waals surface area contributed by atoms with Gasteiger partial charge in [0.15, 0.2) is 0 Å². The van der Waals surface area contributed by atoms with Gasteiger partial charge in [-0.2, -0.15) is 0 Å². The summed E-state index contributed by atoms with van der Waals surface area (Å²) in [7, 11) is 0. The molecule has 1 aliphatic heterocycles. The Morgan fingerprint density at radius 3 is 2.74 bits per heavy atom. The Labute approximate surface area is 133 Å². The highest BCUT2D eigenvalue weighted by molar-refractivity contribution is 5.93. The predicted molar refractivity (Wildman–Crippen MR) is 83.2 cm³/mol. The molecule has 1 spiro atoms. The van der Waals surface area contributed by atoms with E-state index in [1.807, 2.05) is 29.7 Å². The molecule has 120 valence electrons. The Morgan fingerprint density at radius 2 is 2.09 bits per heavy atom. The molecule has 3 heterocycles. The number of aromatic nitrogens is 2. The lowest BCUT2D eigenvalue weighted by atomic mass is 9.90. The molecular weight excluding hydrogens is 294 g/mol. The number of pyridine rings is 1. The second-order valence-electron chi connectivity index (χ2n) is 6.85. The van der Waals surface area contributed by atoms with Gasteiger partial charge < -0.3 is 14.4 Å². The average Bonchev–Trinajstić information content (AvgIpc) is 3.06. The summed E-state index contributed by atoms with van der Waals surface area (Å²) >= 11 is 0. The molecule has 0 bridgehead atoms. The van der Waals surface area contributed by atoms with Gasteiger partial charge >= 0.3 is 5.97 Å². The summed E-state index contributed by atoms with van der Waals surface area (Å²) in [4.78, 5) is 30.0. The zero-order valence-corrected chi connectivity index (χ0v) is 13.0. The number of hydrogen-bond donors (Lipinski definition) is 1. The topological polar surface area (TPSA) is 74.9 Å². The van der Waals surface area contributed by atoms with Crippen molar-refractivity contribution in [3.8, 4) is 0 Å². The number of rotatable bonds is 2. The zero-order valence-electron chi connectivity index (χ0n) is 13.0. The molecule has 2 aromatic heterocycles. The number of hydrogen-bond acceptors (Lipinski definition) is 3. The molecule has 0 aromatic carbocycles. The van der Waals surface area contributed by atoms with E-state index in [0.717, 1.165) is 30.5 Å². The number of nitrogens with zero attached hydrogens (tertiary/aromatic N) is 3. The van der Waals surface area contributed by atoms with Crippen LogP contribution in [-0.2, 0) is 4.79 Å². The number of carboxylic acid groups (broad SMARTS) is 1. The molecule has 1 saturated heterocycles. The van der Waals surface area contributed by atoms with Gasteiger partial charge in [-0.05, 0) is 49.3 Å². The fraction of sp³-hybridized carbons (Fsp3) is 0.471. The van der Waals surface area contributed by atoms with Crippen molar-refractivity contribution in [3.63, 3.8) is 0 Å². The van der Waals surface area contributed by atoms with Crippen LogP contribution in [0.3, 0.4) is 0 Å². The van der Waals surface area contributed by atoms with Gasteiger partial charge in [-0.15, -0.1) is 0 Å². The molecule has 1 aliphatic carbocycles. The van der Waals surface area contributed by atoms with Crippen LogP contribution in [0.1, 0.15) is 35.3 Å². The van der Waals surface area contributed by atoms with E-state index < -0.39 is 5.97 Å². The largest absolute Gasteiger partial charge is 0.481 e. The molecule has 1 amide bonds. The maximum absolute atomic E-state index is 12.6. The lowest BCUT2D eigenvalue weighted by Gasteiger charge is -2.32. The number of amides is 1. The number of likely N-dealkylation sites (tertiary alicyclic amines) is 1. The monoisotopic (exact) mass is 313 g/mol. The molecular formula is C17H19N3O3. The van der Waals surface area contributed by atoms with Gasteiger partial charge in [0.1, 0.15) is 11.3 Å². The minimum absolute atomic E-state index is 0.0569. The number of aryl methyl sites for hydroxylation is 1. The second kappa shape index (κ2) is 4.81. The van der Waals surface area contributed by atoms with Crippen molar-refractivity contribution in [2.45, 2.75) is 26.2 Å². The van der Waals surface area contributed by atoms with Gasteiger partial charge in [0.25, 0.3) is 5.91 Å². The van der Waals surface area contributed by atoms with Crippen LogP contribution in [-0.4, -0.2) is 44.4 Å². The minimum Gasteiger partial charge on any atom is -0.481 e. The van der Waals surface area contributed by atoms with E-state index >= 15 is 0 Å². The quantitative estimate of drug-likeness (QED) is 0.920. The molecule has 1 saturated carbocycles. The van der Waals surface area contributed by atoms with E-state index in [1.54, 1.807) is 11.1 Å². The van der Waals surface area contributed by atoms with Crippen molar-refractivity contribution in [2.24, 2.45) is 11.3 Å². The number of carboxylic acids is 1. The van der Waals surface area contributed by atoms with E-state index in [0.29, 0.717) is 18.8 Å². The summed E-state index contributed by atoms with van der Waals surface area (Å²) in [5, 5.41) is 9.13. The van der Waals surface area contributed by atoms with Gasteiger partial charge in [0.2, 0.25) is 0 Å². The van der Waals surface area contributed by atoms with E-state index in [9.17, 15) is 9.59 Å². The first-order valence-corrected chi connectivity index (χ1v) is 7.96. The van der Waals surface area contributed by atoms with E-state index in [2.05, 4.69) is 4.98 Å². The van der Waals surface area contributed by atoms with E-state index in [4.69, 9.17) is 5.11 Å². The highest BCUT2D eigenvalue weighted by atomic mass is 16.4. The number of aliphatic carboxylic acids is 1. The molecule has 23 heavy (non-hydrogen) atoms. The molecule has 1 N–H and O–H groups in total. The minimum atomic E-state index is -0.694. The summed E-state index contributed by atoms with van der Waals surface area (Å²) in [5.74, 6) is -0.966. The van der Waals surface area contributed by atoms with E-state index in [-0.39, 0.29) is 17.2 Å². The van der Waals surface area contributed by atoms with Crippen molar-refractivity contribution in [2.75, 3.05) is 13.1 Å². The highest BCUT2D eigenvalue weighted by Crippen LogP contribution is 2.59. The molecule has 0 radical (unpaired) electrons. The molecule has 1 unspecified atom stereocenters. The van der Waals surface area contributed by atoms with Crippen LogP contribution >= 0.6 is 0 Å². The molecule has 1 atom stereocenters. The Kier molecular flexibility index (Phi) is 2.98. The van der Waals surface area contributed by atoms with Gasteiger partial charge in [-0.1, -0.05) is 0 Å². The third kappa shape index (κ3) is 2.29. The lowest BCUT2D eigenvalue weighted by Crippen LogP contribution is -2.40. The SMILES string of the molecule is Cc1ccn2cc(C(=O)N3CCC4(CC3)CC4C(=O)O)nc2c1. The van der Waals surface area contributed by atoms with Crippen LogP contribution in [0.5, 0.6) is 0 Å². The predicted octanol–water partition coefficient (Wildman–Crippen LogP) is 1.97. The lowest BCUT2D eigenvalue weighted by molar-refractivity contribution is -0.139. The molecule has 2 fully saturated rings. The molecule has 6 heteroatoms. The van der Waals surface area contributed by atoms with E-state index in [1.165, 1.54) is 0 Å². The van der Waals surface area contributed by atoms with Crippen molar-refractivity contribution in [1.82, 2.24) is 14.3 Å². The first-order valence-electron chi connectivity index (χ1n) is 7.96. The number of imidazole rings is 1. The summed E-state index contributed by atoms with van der Waals surface area (Å²) in [6, 6.07) is 3.93. The summed E-state index contributed by atoms with van der Waals surface area (Å²) in [5.41, 5.74) is 2.28. The second-order valence-corrected chi connectivity index (χ2v) is 6.85. The summed E-state index contributed by atoms with van der Waals surface area (Å²) in [6.07, 6.45) is 5.99. The van der Waals surface area contributed by atoms with Crippen LogP contribution in [0.4, 0.5) is 0 Å². The standard InChI is InChI=1S/C17H19N3O3/c1-11-2-5-20-10-13(18-14(20)8-11)15(21)19-6-3-17(4-7-19)9-12(17)16(22)23/h2,5,8,10,12H,3-4,6-7,9H2,1H3,(H,22,23). The number of piperidine rings is 1. The van der Waals surface area contributed by atoms with Gasteiger partial charge in [-0.3, -0.25) is 9.59 Å². The van der Waals surface area contributed by atoms with Crippen molar-refractivity contribution in [3.05, 3.63) is 35.8 Å². The first kappa shape index (κ1) is 14.2. The molecule has 2 aliphatic rings. The number of fused-ring (bicyclic) bond motifs is 1. The fourth-order valence-electron chi connectivity index (χ4n) is 3.75. The van der Waals surface area contributed by atoms with Crippen LogP contribution in [0.15, 0.2) is 24.5 Å². The van der Waals surface area contributed by atoms with Crippen molar-refractivity contribution >= 4 is 17.5 Å². The maximum atomic E-state index is 12.6. The maximum Gasteiger partial charge on any atom is 0.307 e. The van der Waals surface area contributed by atoms with Crippen molar-refractivity contribution < 1.29 is 14.7 Å². The molecule has 2 aromatic rings. The van der Waals surface area contributed by atoms with Crippen LogP contribution in [0.25, 0.3) is 5.65 Å². The number of carbonyl (C=O) groups is 2. The Balaban J connectivity index is 1.48. The van der Waals surface area contributed by atoms with Crippen LogP contribution in [0, 0.1) is 18.3 Å². The average molecular weight is 313 g/mol. The van der Waals surface area contributed by atoms with Gasteiger partial charge in [0, 0.05) is 25.5 Å². The van der Waals surface area contributed by atoms with Gasteiger partial charge in [-0.25, -0.2) is 4.98 Å². The zero-order chi connectivity index (χ0) is 16.2. The fourth-order valence-corrected chi connectivity index (χ4v) is 3.75. The third-order valence-corrected chi connectivity index (χ3v) is 5.37. The number of carbonyl (C=O) groups excluding carboxylic acids is 1. The third-order valence-electron chi connectivity index (χ3n) is 5.37. The molecule has 6 nitrogen and oxygen atoms in total. The highest BCUT2D eigenvalue weighted by Gasteiger charge is 2.59. The molecule has 4 rings (SSSR count). The van der Waals surface area contributed by atoms with Gasteiger partial charge in [0.05, 0.1) is 5.92 Å². The Bertz CT molecular complexity index is 803. The Hall–Kier alpha value is -2.37. The van der Waals surface area contributed by atoms with Crippen molar-refractivity contribution in [1.29, 1.82) is 0 Å². The normalized spacial score (nSPS) is 22.5. The van der Waals surface area contributed by atoms with Crippen LogP contribution < -0.4 is 0 Å². The summed E-state index contributed by atoms with van der Waals surface area (Å²) < 4.78 is 1.85. The smallest absolute Gasteiger partial charge is 0.307 e. The Morgan fingerprint density at radius 1 is 1.35 bits per heavy atom. The summed E-state index contributed by atoms with van der Waals surface area (Å²) in [6.45, 7) is 3.24.